The molecule has 0 bridgehead atoms. The quantitative estimate of drug-likeness (QED) is 0.645. The number of ether oxygens (including phenoxy) is 1. The van der Waals surface area contributed by atoms with Crippen molar-refractivity contribution in [3.63, 3.8) is 0 Å². The van der Waals surface area contributed by atoms with Crippen molar-refractivity contribution in [2.24, 2.45) is 0 Å². The van der Waals surface area contributed by atoms with Gasteiger partial charge in [0.1, 0.15) is 6.61 Å². The van der Waals surface area contributed by atoms with Gasteiger partial charge in [-0.25, -0.2) is 9.59 Å². The van der Waals surface area contributed by atoms with Crippen molar-refractivity contribution >= 4 is 29.4 Å². The summed E-state index contributed by atoms with van der Waals surface area (Å²) in [6.45, 7) is 3.79. The highest BCUT2D eigenvalue weighted by Gasteiger charge is 2.21. The van der Waals surface area contributed by atoms with E-state index in [2.05, 4.69) is 12.2 Å². The number of carbonyl (C=O) groups excluding carboxylic acids is 2. The highest BCUT2D eigenvalue weighted by molar-refractivity contribution is 7.99. The van der Waals surface area contributed by atoms with E-state index in [0.29, 0.717) is 25.3 Å². The summed E-state index contributed by atoms with van der Waals surface area (Å²) in [7, 11) is 0. The molecule has 0 radical (unpaired) electrons. The van der Waals surface area contributed by atoms with Gasteiger partial charge in [0.15, 0.2) is 0 Å². The first kappa shape index (κ1) is 14.7. The zero-order valence-corrected chi connectivity index (χ0v) is 12.2. The molecule has 20 heavy (non-hydrogen) atoms. The van der Waals surface area contributed by atoms with Gasteiger partial charge >= 0.3 is 12.0 Å². The minimum absolute atomic E-state index is 0.100. The molecule has 1 heterocycles. The van der Waals surface area contributed by atoms with Crippen LogP contribution in [0, 0.1) is 0 Å². The van der Waals surface area contributed by atoms with E-state index in [1.165, 1.54) is 0 Å². The lowest BCUT2D eigenvalue weighted by molar-refractivity contribution is 0.0530. The van der Waals surface area contributed by atoms with Gasteiger partial charge in [-0.2, -0.15) is 11.8 Å². The maximum Gasteiger partial charge on any atom is 0.338 e. The Labute approximate surface area is 122 Å². The molecular weight excluding hydrogens is 276 g/mol. The second kappa shape index (κ2) is 7.19. The van der Waals surface area contributed by atoms with Gasteiger partial charge in [0.05, 0.1) is 5.56 Å². The Morgan fingerprint density at radius 1 is 1.40 bits per heavy atom. The van der Waals surface area contributed by atoms with Crippen molar-refractivity contribution in [1.29, 1.82) is 0 Å². The number of hydrogen-bond acceptors (Lipinski definition) is 4. The smallest absolute Gasteiger partial charge is 0.338 e. The molecule has 1 fully saturated rings. The van der Waals surface area contributed by atoms with Crippen LogP contribution in [0.25, 0.3) is 0 Å². The lowest BCUT2D eigenvalue weighted by atomic mass is 10.2. The highest BCUT2D eigenvalue weighted by Crippen LogP contribution is 2.17. The largest absolute Gasteiger partial charge is 0.461 e. The van der Waals surface area contributed by atoms with Crippen molar-refractivity contribution in [3.05, 3.63) is 29.8 Å². The predicted molar refractivity (Wildman–Crippen MR) is 80.5 cm³/mol. The van der Waals surface area contributed by atoms with Crippen molar-refractivity contribution in [2.45, 2.75) is 6.92 Å². The van der Waals surface area contributed by atoms with Crippen molar-refractivity contribution in [2.75, 3.05) is 36.1 Å². The fraction of sp³-hybridized carbons (Fsp3) is 0.429. The molecule has 5 nitrogen and oxygen atoms in total. The van der Waals surface area contributed by atoms with E-state index in [1.807, 2.05) is 0 Å². The van der Waals surface area contributed by atoms with Gasteiger partial charge < -0.3 is 10.1 Å². The highest BCUT2D eigenvalue weighted by atomic mass is 32.2. The third kappa shape index (κ3) is 3.66. The molecule has 1 aliphatic rings. The minimum Gasteiger partial charge on any atom is -0.461 e. The van der Waals surface area contributed by atoms with Crippen LogP contribution in [0.15, 0.2) is 24.3 Å². The molecule has 0 unspecified atom stereocenters. The number of nitrogens with zero attached hydrogens (tertiary/aromatic N) is 1. The van der Waals surface area contributed by atoms with Crippen LogP contribution in [0.4, 0.5) is 10.5 Å². The molecular formula is C14H18N2O3S. The number of esters is 1. The Morgan fingerprint density at radius 2 is 2.15 bits per heavy atom. The van der Waals surface area contributed by atoms with Gasteiger partial charge in [-0.3, -0.25) is 4.90 Å². The number of rotatable bonds is 6. The Hall–Kier alpha value is -1.69. The van der Waals surface area contributed by atoms with Crippen molar-refractivity contribution < 1.29 is 14.3 Å². The molecule has 1 aromatic carbocycles. The summed E-state index contributed by atoms with van der Waals surface area (Å²) in [4.78, 5) is 24.9. The maximum absolute atomic E-state index is 11.8. The Balaban J connectivity index is 1.90. The third-order valence-electron chi connectivity index (χ3n) is 2.94. The van der Waals surface area contributed by atoms with E-state index >= 15 is 0 Å². The summed E-state index contributed by atoms with van der Waals surface area (Å²) in [6, 6.07) is 6.81. The molecule has 1 N–H and O–H groups in total. The number of benzene rings is 1. The Kier molecular flexibility index (Phi) is 5.29. The van der Waals surface area contributed by atoms with Crippen LogP contribution in [-0.2, 0) is 4.74 Å². The standard InChI is InChI=1S/C14H18N2O3S/c1-2-20-10-9-19-13(17)11-3-5-12(6-4-11)16-8-7-15-14(16)18/h3-6H,2,7-10H2,1H3,(H,15,18). The average Bonchev–Trinajstić information content (AvgIpc) is 2.90. The van der Waals surface area contributed by atoms with E-state index in [1.54, 1.807) is 40.9 Å². The van der Waals surface area contributed by atoms with Gasteiger partial charge in [-0.15, -0.1) is 0 Å². The van der Waals surface area contributed by atoms with Crippen LogP contribution in [0.1, 0.15) is 17.3 Å². The Bertz CT molecular complexity index is 476. The molecule has 0 atom stereocenters. The van der Waals surface area contributed by atoms with Crippen LogP contribution in [0.5, 0.6) is 0 Å². The second-order valence-electron chi connectivity index (χ2n) is 4.26. The summed E-state index contributed by atoms with van der Waals surface area (Å²) < 4.78 is 5.16. The average molecular weight is 294 g/mol. The number of amides is 2. The first-order chi connectivity index (χ1) is 9.72. The van der Waals surface area contributed by atoms with E-state index in [9.17, 15) is 9.59 Å². The molecule has 0 saturated carbocycles. The van der Waals surface area contributed by atoms with Crippen molar-refractivity contribution in [1.82, 2.24) is 5.32 Å². The summed E-state index contributed by atoms with van der Waals surface area (Å²) in [5.41, 5.74) is 1.30. The Morgan fingerprint density at radius 3 is 2.75 bits per heavy atom. The van der Waals surface area contributed by atoms with Crippen molar-refractivity contribution in [3.8, 4) is 0 Å². The number of carbonyl (C=O) groups is 2. The third-order valence-corrected chi connectivity index (χ3v) is 3.80. The summed E-state index contributed by atoms with van der Waals surface area (Å²) >= 11 is 1.74. The molecule has 1 aromatic rings. The number of nitrogens with one attached hydrogen (secondary N) is 1. The van der Waals surface area contributed by atoms with Crippen LogP contribution in [0.2, 0.25) is 0 Å². The molecule has 0 aromatic heterocycles. The molecule has 1 aliphatic heterocycles. The molecule has 108 valence electrons. The predicted octanol–water partition coefficient (Wildman–Crippen LogP) is 2.13. The molecule has 0 spiro atoms. The monoisotopic (exact) mass is 294 g/mol. The number of urea groups is 1. The van der Waals surface area contributed by atoms with Gasteiger partial charge in [-0.05, 0) is 30.0 Å². The van der Waals surface area contributed by atoms with Crippen LogP contribution < -0.4 is 10.2 Å². The van der Waals surface area contributed by atoms with Crippen LogP contribution in [-0.4, -0.2) is 43.2 Å². The topological polar surface area (TPSA) is 58.6 Å². The number of anilines is 1. The van der Waals surface area contributed by atoms with E-state index in [4.69, 9.17) is 4.74 Å². The van der Waals surface area contributed by atoms with Gasteiger partial charge in [0.25, 0.3) is 0 Å². The molecule has 1 saturated heterocycles. The molecule has 0 aliphatic carbocycles. The molecule has 6 heteroatoms. The summed E-state index contributed by atoms with van der Waals surface area (Å²) in [5, 5.41) is 2.74. The SMILES string of the molecule is CCSCCOC(=O)c1ccc(N2CCNC2=O)cc1. The molecule has 2 rings (SSSR count). The van der Waals surface area contributed by atoms with Crippen LogP contribution >= 0.6 is 11.8 Å². The number of hydrogen-bond donors (Lipinski definition) is 1. The van der Waals surface area contributed by atoms with E-state index < -0.39 is 0 Å². The van der Waals surface area contributed by atoms with Gasteiger partial charge in [-0.1, -0.05) is 6.92 Å². The summed E-state index contributed by atoms with van der Waals surface area (Å²) in [6.07, 6.45) is 0. The summed E-state index contributed by atoms with van der Waals surface area (Å²) in [5.74, 6) is 1.51. The maximum atomic E-state index is 11.8. The fourth-order valence-electron chi connectivity index (χ4n) is 1.92. The molecule has 2 amide bonds. The normalized spacial score (nSPS) is 14.2. The fourth-order valence-corrected chi connectivity index (χ4v) is 2.41. The van der Waals surface area contributed by atoms with E-state index in [0.717, 1.165) is 17.2 Å². The lowest BCUT2D eigenvalue weighted by Crippen LogP contribution is -2.27. The minimum atomic E-state index is -0.320. The zero-order chi connectivity index (χ0) is 14.4. The van der Waals surface area contributed by atoms with Crippen LogP contribution in [0.3, 0.4) is 0 Å². The first-order valence-corrected chi connectivity index (χ1v) is 7.78. The second-order valence-corrected chi connectivity index (χ2v) is 5.66. The van der Waals surface area contributed by atoms with E-state index in [-0.39, 0.29) is 12.0 Å². The zero-order valence-electron chi connectivity index (χ0n) is 11.4. The lowest BCUT2D eigenvalue weighted by Gasteiger charge is -2.14. The van der Waals surface area contributed by atoms with Gasteiger partial charge in [0.2, 0.25) is 0 Å². The van der Waals surface area contributed by atoms with Gasteiger partial charge in [0, 0.05) is 24.5 Å². The number of thioether (sulfide) groups is 1. The first-order valence-electron chi connectivity index (χ1n) is 6.62.